The summed E-state index contributed by atoms with van der Waals surface area (Å²) in [5, 5.41) is 9.22. The Morgan fingerprint density at radius 2 is 2.24 bits per heavy atom. The summed E-state index contributed by atoms with van der Waals surface area (Å²) in [5.74, 6) is -1.05. The molecule has 0 saturated carbocycles. The van der Waals surface area contributed by atoms with Gasteiger partial charge >= 0.3 is 5.97 Å². The Morgan fingerprint density at radius 1 is 1.41 bits per heavy atom. The average molecular weight is 231 g/mol. The Hall–Kier alpha value is -2.17. The molecule has 1 aromatic rings. The summed E-state index contributed by atoms with van der Waals surface area (Å²) in [6, 6.07) is 5.21. The zero-order valence-corrected chi connectivity index (χ0v) is 9.26. The third-order valence-corrected chi connectivity index (χ3v) is 2.59. The fourth-order valence-corrected chi connectivity index (χ4v) is 1.79. The van der Waals surface area contributed by atoms with Crippen LogP contribution in [0.2, 0.25) is 0 Å². The zero-order chi connectivity index (χ0) is 12.3. The lowest BCUT2D eigenvalue weighted by atomic mass is 10.0. The van der Waals surface area contributed by atoms with Crippen molar-refractivity contribution in [1.82, 2.24) is 4.98 Å². The predicted octanol–water partition coefficient (Wildman–Crippen LogP) is 1.07. The van der Waals surface area contributed by atoms with Crippen LogP contribution in [0, 0.1) is 0 Å². The van der Waals surface area contributed by atoms with Crippen LogP contribution in [-0.4, -0.2) is 28.3 Å². The van der Waals surface area contributed by atoms with Crippen LogP contribution >= 0.6 is 0 Å². The van der Waals surface area contributed by atoms with Gasteiger partial charge in [0.2, 0.25) is 0 Å². The molecule has 1 aliphatic rings. The first-order chi connectivity index (χ1) is 8.20. The van der Waals surface area contributed by atoms with Crippen LogP contribution in [-0.2, 0) is 4.79 Å². The molecule has 3 N–H and O–H groups in total. The molecule has 5 nitrogen and oxygen atoms in total. The maximum atomic E-state index is 11.3. The highest BCUT2D eigenvalue weighted by Gasteiger charge is 2.22. The highest BCUT2D eigenvalue weighted by atomic mass is 16.4. The molecule has 0 aromatic carbocycles. The monoisotopic (exact) mass is 231 g/mol. The van der Waals surface area contributed by atoms with Gasteiger partial charge in [0.15, 0.2) is 0 Å². The first kappa shape index (κ1) is 11.3. The second-order valence-electron chi connectivity index (χ2n) is 3.74. The number of rotatable bonds is 3. The largest absolute Gasteiger partial charge is 0.478 e. The Kier molecular flexibility index (Phi) is 3.18. The first-order valence-corrected chi connectivity index (χ1v) is 5.38. The Balaban J connectivity index is 2.47. The van der Waals surface area contributed by atoms with E-state index in [0.29, 0.717) is 24.4 Å². The predicted molar refractivity (Wildman–Crippen MR) is 64.5 cm³/mol. The van der Waals surface area contributed by atoms with Crippen molar-refractivity contribution in [2.24, 2.45) is 10.7 Å². The molecule has 2 heterocycles. The second kappa shape index (κ2) is 4.78. The van der Waals surface area contributed by atoms with E-state index in [-0.39, 0.29) is 11.3 Å². The van der Waals surface area contributed by atoms with Crippen molar-refractivity contribution >= 4 is 17.4 Å². The third-order valence-electron chi connectivity index (χ3n) is 2.59. The van der Waals surface area contributed by atoms with Crippen LogP contribution in [0.25, 0.3) is 5.70 Å². The van der Waals surface area contributed by atoms with Crippen molar-refractivity contribution in [1.29, 1.82) is 0 Å². The molecule has 1 aromatic heterocycles. The van der Waals surface area contributed by atoms with Crippen LogP contribution in [0.5, 0.6) is 0 Å². The number of carbonyl (C=O) groups is 1. The summed E-state index contributed by atoms with van der Waals surface area (Å²) >= 11 is 0. The molecule has 0 spiro atoms. The minimum atomic E-state index is -1.05. The molecule has 2 rings (SSSR count). The summed E-state index contributed by atoms with van der Waals surface area (Å²) in [7, 11) is 0. The van der Waals surface area contributed by atoms with Gasteiger partial charge in [0.05, 0.1) is 17.1 Å². The van der Waals surface area contributed by atoms with E-state index in [2.05, 4.69) is 9.98 Å². The van der Waals surface area contributed by atoms with E-state index < -0.39 is 5.97 Å². The maximum Gasteiger partial charge on any atom is 0.339 e. The van der Waals surface area contributed by atoms with Gasteiger partial charge in [0.25, 0.3) is 0 Å². The highest BCUT2D eigenvalue weighted by molar-refractivity contribution is 6.24. The van der Waals surface area contributed by atoms with Crippen LogP contribution in [0.1, 0.15) is 18.5 Å². The number of hydrogen-bond acceptors (Lipinski definition) is 4. The summed E-state index contributed by atoms with van der Waals surface area (Å²) in [6.07, 6.45) is 3.12. The van der Waals surface area contributed by atoms with E-state index in [1.807, 2.05) is 0 Å². The number of carboxylic acid groups (broad SMARTS) is 1. The average Bonchev–Trinajstić information content (AvgIpc) is 2.83. The number of aliphatic imine (C=N–C) groups is 1. The summed E-state index contributed by atoms with van der Waals surface area (Å²) < 4.78 is 0. The van der Waals surface area contributed by atoms with Crippen LogP contribution in [0.3, 0.4) is 0 Å². The lowest BCUT2D eigenvalue weighted by molar-refractivity contribution is -0.132. The minimum absolute atomic E-state index is 0.0844. The van der Waals surface area contributed by atoms with Crippen molar-refractivity contribution in [3.8, 4) is 0 Å². The van der Waals surface area contributed by atoms with Crippen molar-refractivity contribution in [2.75, 3.05) is 6.54 Å². The van der Waals surface area contributed by atoms with Gasteiger partial charge in [-0.15, -0.1) is 0 Å². The van der Waals surface area contributed by atoms with Gasteiger partial charge in [-0.3, -0.25) is 9.98 Å². The third kappa shape index (κ3) is 2.33. The number of aromatic nitrogens is 1. The van der Waals surface area contributed by atoms with Gasteiger partial charge in [-0.1, -0.05) is 6.07 Å². The smallest absolute Gasteiger partial charge is 0.339 e. The Labute approximate surface area is 98.7 Å². The first-order valence-electron chi connectivity index (χ1n) is 5.38. The highest BCUT2D eigenvalue weighted by Crippen LogP contribution is 2.18. The summed E-state index contributed by atoms with van der Waals surface area (Å²) in [4.78, 5) is 19.5. The molecule has 0 radical (unpaired) electrons. The molecule has 0 saturated heterocycles. The Morgan fingerprint density at radius 3 is 2.76 bits per heavy atom. The lowest BCUT2D eigenvalue weighted by Gasteiger charge is -2.07. The molecule has 5 heteroatoms. The fourth-order valence-electron chi connectivity index (χ4n) is 1.79. The molecular formula is C12H13N3O2. The number of pyridine rings is 1. The van der Waals surface area contributed by atoms with Gasteiger partial charge in [-0.2, -0.15) is 0 Å². The topological polar surface area (TPSA) is 88.6 Å². The number of hydrogen-bond donors (Lipinski definition) is 2. The number of nitrogens with zero attached hydrogens (tertiary/aromatic N) is 2. The van der Waals surface area contributed by atoms with Crippen LogP contribution in [0.4, 0.5) is 0 Å². The molecule has 0 amide bonds. The molecule has 0 unspecified atom stereocenters. The van der Waals surface area contributed by atoms with E-state index >= 15 is 0 Å². The minimum Gasteiger partial charge on any atom is -0.478 e. The van der Waals surface area contributed by atoms with E-state index in [4.69, 9.17) is 5.73 Å². The molecule has 0 aliphatic carbocycles. The molecule has 1 aliphatic heterocycles. The zero-order valence-electron chi connectivity index (χ0n) is 9.26. The number of carboxylic acids is 1. The number of aliphatic carboxylic acids is 1. The van der Waals surface area contributed by atoms with E-state index in [1.165, 1.54) is 0 Å². The second-order valence-corrected chi connectivity index (χ2v) is 3.74. The van der Waals surface area contributed by atoms with Gasteiger partial charge in [-0.25, -0.2) is 4.79 Å². The van der Waals surface area contributed by atoms with E-state index in [0.717, 1.165) is 6.42 Å². The van der Waals surface area contributed by atoms with Crippen LogP contribution < -0.4 is 5.73 Å². The number of nitrogens with two attached hydrogens (primary N) is 1. The Bertz CT molecular complexity index is 492. The van der Waals surface area contributed by atoms with Gasteiger partial charge in [0, 0.05) is 12.7 Å². The molecule has 0 fully saturated rings. The summed E-state index contributed by atoms with van der Waals surface area (Å²) in [6.45, 7) is 0.668. The SMILES string of the molecule is NC(=C(C(=O)O)C1=NCCC1)c1ccccn1. The van der Waals surface area contributed by atoms with Crippen LogP contribution in [0.15, 0.2) is 35.0 Å². The quantitative estimate of drug-likeness (QED) is 0.761. The molecule has 17 heavy (non-hydrogen) atoms. The molecule has 0 atom stereocenters. The van der Waals surface area contributed by atoms with E-state index in [1.54, 1.807) is 24.4 Å². The molecule has 88 valence electrons. The lowest BCUT2D eigenvalue weighted by Crippen LogP contribution is -2.17. The fraction of sp³-hybridized carbons (Fsp3) is 0.250. The van der Waals surface area contributed by atoms with Crippen molar-refractivity contribution < 1.29 is 9.90 Å². The standard InChI is InChI=1S/C12H13N3O2/c13-11(9-4-1-2-6-15-9)10(12(16)17)8-5-3-7-14-8/h1-2,4,6H,3,5,7,13H2,(H,16,17). The van der Waals surface area contributed by atoms with Gasteiger partial charge in [-0.05, 0) is 25.0 Å². The summed E-state index contributed by atoms with van der Waals surface area (Å²) in [5.41, 5.74) is 7.18. The normalized spacial score (nSPS) is 16.4. The van der Waals surface area contributed by atoms with Crippen molar-refractivity contribution in [3.05, 3.63) is 35.7 Å². The van der Waals surface area contributed by atoms with Crippen molar-refractivity contribution in [2.45, 2.75) is 12.8 Å². The van der Waals surface area contributed by atoms with Gasteiger partial charge < -0.3 is 10.8 Å². The van der Waals surface area contributed by atoms with Gasteiger partial charge in [0.1, 0.15) is 5.57 Å². The molecule has 0 bridgehead atoms. The maximum absolute atomic E-state index is 11.3. The molecular weight excluding hydrogens is 218 g/mol. The van der Waals surface area contributed by atoms with E-state index in [9.17, 15) is 9.90 Å². The van der Waals surface area contributed by atoms with Crippen molar-refractivity contribution in [3.63, 3.8) is 0 Å².